The lowest BCUT2D eigenvalue weighted by Crippen LogP contribution is -2.56. The predicted octanol–water partition coefficient (Wildman–Crippen LogP) is 1.82. The van der Waals surface area contributed by atoms with Crippen molar-refractivity contribution in [1.29, 1.82) is 0 Å². The Morgan fingerprint density at radius 3 is 2.72 bits per heavy atom. The molecule has 0 radical (unpaired) electrons. The summed E-state index contributed by atoms with van der Waals surface area (Å²) in [4.78, 5) is 14.2. The number of benzene rings is 1. The second kappa shape index (κ2) is 6.31. The van der Waals surface area contributed by atoms with Gasteiger partial charge in [0.25, 0.3) is 0 Å². The first-order chi connectivity index (χ1) is 8.65. The van der Waals surface area contributed by atoms with Crippen LogP contribution in [-0.4, -0.2) is 47.5 Å². The summed E-state index contributed by atoms with van der Waals surface area (Å²) in [6.45, 7) is 1.49. The second-order valence-electron chi connectivity index (χ2n) is 4.09. The van der Waals surface area contributed by atoms with Gasteiger partial charge in [-0.3, -0.25) is 0 Å². The van der Waals surface area contributed by atoms with Crippen LogP contribution in [0.5, 0.6) is 0 Å². The van der Waals surface area contributed by atoms with Crippen LogP contribution in [0.2, 0.25) is 5.02 Å². The van der Waals surface area contributed by atoms with Crippen molar-refractivity contribution in [1.82, 2.24) is 10.2 Å². The van der Waals surface area contributed by atoms with E-state index in [2.05, 4.69) is 5.32 Å². The fraction of sp³-hybridized carbons (Fsp3) is 0.417. The van der Waals surface area contributed by atoms with E-state index in [9.17, 15) is 4.79 Å². The van der Waals surface area contributed by atoms with Crippen molar-refractivity contribution < 1.29 is 9.90 Å². The number of thioether (sulfide) groups is 1. The lowest BCUT2D eigenvalue weighted by Gasteiger charge is -2.35. The molecule has 1 aliphatic heterocycles. The van der Waals surface area contributed by atoms with E-state index in [-0.39, 0.29) is 12.1 Å². The second-order valence-corrected chi connectivity index (χ2v) is 5.70. The molecule has 0 aromatic heterocycles. The van der Waals surface area contributed by atoms with Crippen molar-refractivity contribution in [3.8, 4) is 0 Å². The number of halogens is 1. The number of nitrogens with one attached hydrogen (secondary N) is 1. The number of amides is 2. The number of nitrogens with zero attached hydrogens (tertiary/aromatic N) is 1. The molecule has 1 heterocycles. The smallest absolute Gasteiger partial charge is 0.317 e. The zero-order valence-electron chi connectivity index (χ0n) is 9.80. The summed E-state index contributed by atoms with van der Waals surface area (Å²) in [6, 6.07) is 7.52. The quantitative estimate of drug-likeness (QED) is 0.656. The molecule has 2 N–H and O–H groups in total. The van der Waals surface area contributed by atoms with E-state index in [1.54, 1.807) is 16.7 Å². The zero-order valence-corrected chi connectivity index (χ0v) is 11.4. The topological polar surface area (TPSA) is 52.6 Å². The zero-order chi connectivity index (χ0) is 13.0. The van der Waals surface area contributed by atoms with Crippen molar-refractivity contribution in [2.75, 3.05) is 25.4 Å². The number of likely N-dealkylation sites (tertiary alicyclic amines) is 1. The van der Waals surface area contributed by atoms with Gasteiger partial charge in [0.1, 0.15) is 0 Å². The van der Waals surface area contributed by atoms with Gasteiger partial charge in [0.05, 0.1) is 19.2 Å². The van der Waals surface area contributed by atoms with E-state index in [0.717, 1.165) is 15.7 Å². The molecule has 18 heavy (non-hydrogen) atoms. The van der Waals surface area contributed by atoms with Crippen molar-refractivity contribution in [3.05, 3.63) is 29.3 Å². The Balaban J connectivity index is 1.61. The van der Waals surface area contributed by atoms with Gasteiger partial charge in [-0.2, -0.15) is 0 Å². The molecule has 0 saturated carbocycles. The number of rotatable bonds is 4. The highest BCUT2D eigenvalue weighted by atomic mass is 35.5. The Bertz CT molecular complexity index is 407. The lowest BCUT2D eigenvalue weighted by atomic mass is 10.2. The van der Waals surface area contributed by atoms with Gasteiger partial charge in [-0.1, -0.05) is 11.6 Å². The first kappa shape index (κ1) is 13.5. The molecule has 2 amide bonds. The summed E-state index contributed by atoms with van der Waals surface area (Å²) in [5.74, 6) is 0.809. The number of urea groups is 1. The first-order valence-electron chi connectivity index (χ1n) is 5.74. The average Bonchev–Trinajstić information content (AvgIpc) is 2.32. The standard InChI is InChI=1S/C12H15ClN2O2S/c13-9-1-3-11(4-2-9)18-6-5-14-12(17)15-7-10(16)8-15/h1-4,10,16H,5-8H2,(H,14,17). The van der Waals surface area contributed by atoms with E-state index >= 15 is 0 Å². The number of aliphatic hydroxyl groups excluding tert-OH is 1. The Kier molecular flexibility index (Phi) is 4.74. The highest BCUT2D eigenvalue weighted by Crippen LogP contribution is 2.19. The van der Waals surface area contributed by atoms with Crippen molar-refractivity contribution >= 4 is 29.4 Å². The molecule has 98 valence electrons. The maximum absolute atomic E-state index is 11.5. The average molecular weight is 287 g/mol. The van der Waals surface area contributed by atoms with Gasteiger partial charge < -0.3 is 15.3 Å². The van der Waals surface area contributed by atoms with E-state index in [1.165, 1.54) is 0 Å². The van der Waals surface area contributed by atoms with Crippen LogP contribution in [0.15, 0.2) is 29.2 Å². The van der Waals surface area contributed by atoms with Gasteiger partial charge in [-0.25, -0.2) is 4.79 Å². The first-order valence-corrected chi connectivity index (χ1v) is 7.11. The van der Waals surface area contributed by atoms with Gasteiger partial charge in [0.2, 0.25) is 0 Å². The van der Waals surface area contributed by atoms with Gasteiger partial charge in [0.15, 0.2) is 0 Å². The van der Waals surface area contributed by atoms with Crippen molar-refractivity contribution in [3.63, 3.8) is 0 Å². The number of carbonyl (C=O) groups excluding carboxylic acids is 1. The molecule has 1 aliphatic rings. The molecule has 1 aromatic rings. The summed E-state index contributed by atoms with van der Waals surface area (Å²) in [5, 5.41) is 12.6. The summed E-state index contributed by atoms with van der Waals surface area (Å²) < 4.78 is 0. The summed E-state index contributed by atoms with van der Waals surface area (Å²) >= 11 is 7.46. The van der Waals surface area contributed by atoms with Crippen molar-refractivity contribution in [2.24, 2.45) is 0 Å². The Hall–Kier alpha value is -0.910. The fourth-order valence-electron chi connectivity index (χ4n) is 1.59. The van der Waals surface area contributed by atoms with Gasteiger partial charge in [0, 0.05) is 22.2 Å². The molecule has 0 unspecified atom stereocenters. The van der Waals surface area contributed by atoms with Crippen LogP contribution < -0.4 is 5.32 Å². The third-order valence-corrected chi connectivity index (χ3v) is 3.88. The van der Waals surface area contributed by atoms with Crippen LogP contribution in [0, 0.1) is 0 Å². The molecule has 2 rings (SSSR count). The summed E-state index contributed by atoms with van der Waals surface area (Å²) in [5.41, 5.74) is 0. The lowest BCUT2D eigenvalue weighted by molar-refractivity contribution is 0.0268. The molecule has 1 aromatic carbocycles. The highest BCUT2D eigenvalue weighted by Gasteiger charge is 2.28. The molecule has 0 atom stereocenters. The van der Waals surface area contributed by atoms with Crippen molar-refractivity contribution in [2.45, 2.75) is 11.0 Å². The van der Waals surface area contributed by atoms with Gasteiger partial charge in [-0.05, 0) is 24.3 Å². The molecule has 0 spiro atoms. The van der Waals surface area contributed by atoms with E-state index in [4.69, 9.17) is 16.7 Å². The van der Waals surface area contributed by atoms with Crippen LogP contribution in [0.4, 0.5) is 4.79 Å². The van der Waals surface area contributed by atoms with E-state index in [0.29, 0.717) is 19.6 Å². The fourth-order valence-corrected chi connectivity index (χ4v) is 2.48. The molecule has 4 nitrogen and oxygen atoms in total. The highest BCUT2D eigenvalue weighted by molar-refractivity contribution is 7.99. The molecule has 1 saturated heterocycles. The van der Waals surface area contributed by atoms with Crippen LogP contribution in [0.3, 0.4) is 0 Å². The molecular formula is C12H15ClN2O2S. The number of carbonyl (C=O) groups is 1. The number of hydrogen-bond acceptors (Lipinski definition) is 3. The van der Waals surface area contributed by atoms with E-state index < -0.39 is 0 Å². The summed E-state index contributed by atoms with van der Waals surface area (Å²) in [7, 11) is 0. The number of hydrogen-bond donors (Lipinski definition) is 2. The third-order valence-electron chi connectivity index (χ3n) is 2.61. The number of aliphatic hydroxyl groups is 1. The molecule has 6 heteroatoms. The number of β-amino-alcohol motifs (C(OH)–C–C–N with tert-alkyl or cyclic N) is 1. The largest absolute Gasteiger partial charge is 0.389 e. The van der Waals surface area contributed by atoms with Crippen LogP contribution in [-0.2, 0) is 0 Å². The molecule has 0 aliphatic carbocycles. The Morgan fingerprint density at radius 1 is 1.44 bits per heavy atom. The molecule has 0 bridgehead atoms. The minimum absolute atomic E-state index is 0.1000. The Labute approximate surface area is 115 Å². The SMILES string of the molecule is O=C(NCCSc1ccc(Cl)cc1)N1CC(O)C1. The molecule has 1 fully saturated rings. The monoisotopic (exact) mass is 286 g/mol. The van der Waals surface area contributed by atoms with Crippen LogP contribution >= 0.6 is 23.4 Å². The normalized spacial score (nSPS) is 15.3. The van der Waals surface area contributed by atoms with Gasteiger partial charge in [-0.15, -0.1) is 11.8 Å². The molecular weight excluding hydrogens is 272 g/mol. The minimum Gasteiger partial charge on any atom is -0.389 e. The maximum atomic E-state index is 11.5. The minimum atomic E-state index is -0.348. The van der Waals surface area contributed by atoms with Crippen LogP contribution in [0.25, 0.3) is 0 Å². The van der Waals surface area contributed by atoms with Crippen LogP contribution in [0.1, 0.15) is 0 Å². The maximum Gasteiger partial charge on any atom is 0.317 e. The van der Waals surface area contributed by atoms with Gasteiger partial charge >= 0.3 is 6.03 Å². The third kappa shape index (κ3) is 3.80. The predicted molar refractivity (Wildman–Crippen MR) is 73.2 cm³/mol. The Morgan fingerprint density at radius 2 is 2.11 bits per heavy atom. The summed E-state index contributed by atoms with van der Waals surface area (Å²) in [6.07, 6.45) is -0.348. The van der Waals surface area contributed by atoms with E-state index in [1.807, 2.05) is 24.3 Å².